The van der Waals surface area contributed by atoms with Gasteiger partial charge in [-0.2, -0.15) is 0 Å². The molecule has 1 heterocycles. The fraction of sp³-hybridized carbons (Fsp3) is 0.533. The van der Waals surface area contributed by atoms with Gasteiger partial charge in [0, 0.05) is 18.0 Å². The van der Waals surface area contributed by atoms with Crippen molar-refractivity contribution in [2.75, 3.05) is 30.8 Å². The number of piperidine rings is 1. The summed E-state index contributed by atoms with van der Waals surface area (Å²) in [7, 11) is 1.86. The van der Waals surface area contributed by atoms with Crippen molar-refractivity contribution < 1.29 is 4.79 Å². The predicted octanol–water partition coefficient (Wildman–Crippen LogP) is 2.44. The number of rotatable bonds is 4. The first-order chi connectivity index (χ1) is 9.16. The summed E-state index contributed by atoms with van der Waals surface area (Å²) >= 11 is 1.80. The Hall–Kier alpha value is -1.00. The minimum absolute atomic E-state index is 0.189. The van der Waals surface area contributed by atoms with Crippen LogP contribution < -0.4 is 10.2 Å². The number of carbonyl (C=O) groups excluding carboxylic acids is 1. The number of hydrogen-bond acceptors (Lipinski definition) is 3. The van der Waals surface area contributed by atoms with E-state index in [9.17, 15) is 4.79 Å². The van der Waals surface area contributed by atoms with Crippen molar-refractivity contribution in [3.05, 3.63) is 29.8 Å². The van der Waals surface area contributed by atoms with Crippen LogP contribution >= 0.6 is 11.8 Å². The predicted molar refractivity (Wildman–Crippen MR) is 82.9 cm³/mol. The van der Waals surface area contributed by atoms with Crippen LogP contribution in [0.4, 0.5) is 5.69 Å². The molecule has 0 unspecified atom stereocenters. The zero-order valence-corrected chi connectivity index (χ0v) is 12.5. The Labute approximate surface area is 119 Å². The number of aryl methyl sites for hydroxylation is 1. The van der Waals surface area contributed by atoms with Crippen LogP contribution in [-0.2, 0) is 4.79 Å². The first kappa shape index (κ1) is 14.4. The molecule has 1 aromatic carbocycles. The maximum absolute atomic E-state index is 12.2. The summed E-state index contributed by atoms with van der Waals surface area (Å²) in [5.41, 5.74) is 2.17. The van der Waals surface area contributed by atoms with Gasteiger partial charge in [0.25, 0.3) is 0 Å². The van der Waals surface area contributed by atoms with Gasteiger partial charge in [-0.15, -0.1) is 11.8 Å². The largest absolute Gasteiger partial charge is 0.317 e. The third-order valence-electron chi connectivity index (χ3n) is 3.49. The molecule has 0 atom stereocenters. The van der Waals surface area contributed by atoms with E-state index in [0.29, 0.717) is 11.0 Å². The molecule has 1 amide bonds. The zero-order valence-electron chi connectivity index (χ0n) is 11.7. The number of carbonyl (C=O) groups is 1. The van der Waals surface area contributed by atoms with Gasteiger partial charge >= 0.3 is 0 Å². The lowest BCUT2D eigenvalue weighted by molar-refractivity contribution is -0.115. The van der Waals surface area contributed by atoms with Gasteiger partial charge in [0.2, 0.25) is 5.91 Å². The van der Waals surface area contributed by atoms with E-state index >= 15 is 0 Å². The Morgan fingerprint density at radius 2 is 2.16 bits per heavy atom. The van der Waals surface area contributed by atoms with Crippen LogP contribution in [0.25, 0.3) is 0 Å². The lowest BCUT2D eigenvalue weighted by Crippen LogP contribution is -2.32. The van der Waals surface area contributed by atoms with Crippen LogP contribution in [0.5, 0.6) is 0 Å². The molecule has 1 aliphatic rings. The van der Waals surface area contributed by atoms with Gasteiger partial charge in [-0.05, 0) is 50.6 Å². The first-order valence-electron chi connectivity index (χ1n) is 6.82. The summed E-state index contributed by atoms with van der Waals surface area (Å²) in [5, 5.41) is 3.98. The minimum Gasteiger partial charge on any atom is -0.317 e. The summed E-state index contributed by atoms with van der Waals surface area (Å²) in [6.45, 7) is 4.21. The van der Waals surface area contributed by atoms with Crippen LogP contribution in [0.3, 0.4) is 0 Å². The van der Waals surface area contributed by atoms with E-state index in [1.54, 1.807) is 16.7 Å². The first-order valence-corrected chi connectivity index (χ1v) is 7.87. The van der Waals surface area contributed by atoms with Crippen LogP contribution in [0, 0.1) is 6.92 Å². The quantitative estimate of drug-likeness (QED) is 0.918. The molecule has 0 radical (unpaired) electrons. The Morgan fingerprint density at radius 1 is 1.42 bits per heavy atom. The van der Waals surface area contributed by atoms with Crippen molar-refractivity contribution in [1.29, 1.82) is 0 Å². The average Bonchev–Trinajstić information content (AvgIpc) is 2.45. The van der Waals surface area contributed by atoms with Crippen molar-refractivity contribution in [1.82, 2.24) is 5.32 Å². The summed E-state index contributed by atoms with van der Waals surface area (Å²) in [5.74, 6) is 0.767. The van der Waals surface area contributed by atoms with Crippen LogP contribution in [0.15, 0.2) is 24.3 Å². The van der Waals surface area contributed by atoms with Crippen LogP contribution in [0.1, 0.15) is 18.4 Å². The molecule has 0 spiro atoms. The van der Waals surface area contributed by atoms with E-state index < -0.39 is 0 Å². The van der Waals surface area contributed by atoms with Gasteiger partial charge in [0.15, 0.2) is 0 Å². The fourth-order valence-electron chi connectivity index (χ4n) is 2.23. The molecule has 3 nitrogen and oxygen atoms in total. The number of benzene rings is 1. The highest BCUT2D eigenvalue weighted by molar-refractivity contribution is 8.00. The van der Waals surface area contributed by atoms with Gasteiger partial charge < -0.3 is 10.2 Å². The number of hydrogen-bond donors (Lipinski definition) is 1. The smallest absolute Gasteiger partial charge is 0.236 e. The molecule has 1 saturated heterocycles. The highest BCUT2D eigenvalue weighted by Gasteiger charge is 2.17. The number of nitrogens with zero attached hydrogens (tertiary/aromatic N) is 1. The lowest BCUT2D eigenvalue weighted by atomic mass is 10.2. The van der Waals surface area contributed by atoms with Gasteiger partial charge in [0.05, 0.1) is 5.75 Å². The van der Waals surface area contributed by atoms with Gasteiger partial charge in [-0.25, -0.2) is 0 Å². The van der Waals surface area contributed by atoms with Gasteiger partial charge in [-0.3, -0.25) is 4.79 Å². The molecule has 0 bridgehead atoms. The number of thioether (sulfide) groups is 1. The second kappa shape index (κ2) is 6.96. The second-order valence-corrected chi connectivity index (χ2v) is 6.34. The van der Waals surface area contributed by atoms with Gasteiger partial charge in [0.1, 0.15) is 0 Å². The second-order valence-electron chi connectivity index (χ2n) is 5.05. The third-order valence-corrected chi connectivity index (χ3v) is 4.85. The summed E-state index contributed by atoms with van der Waals surface area (Å²) < 4.78 is 0. The minimum atomic E-state index is 0.189. The third kappa shape index (κ3) is 4.25. The number of nitrogens with one attached hydrogen (secondary N) is 1. The number of amides is 1. The van der Waals surface area contributed by atoms with E-state index in [0.717, 1.165) is 18.8 Å². The molecule has 0 aromatic heterocycles. The molecule has 104 valence electrons. The molecule has 1 fully saturated rings. The molecule has 2 rings (SSSR count). The number of anilines is 1. The van der Waals surface area contributed by atoms with E-state index in [1.807, 2.05) is 38.2 Å². The summed E-state index contributed by atoms with van der Waals surface area (Å²) in [6, 6.07) is 8.08. The van der Waals surface area contributed by atoms with Crippen LogP contribution in [-0.4, -0.2) is 37.0 Å². The Bertz CT molecular complexity index is 430. The molecular weight excluding hydrogens is 256 g/mol. The average molecular weight is 278 g/mol. The maximum Gasteiger partial charge on any atom is 0.236 e. The molecule has 1 aliphatic heterocycles. The molecule has 0 saturated carbocycles. The summed E-state index contributed by atoms with van der Waals surface area (Å²) in [6.07, 6.45) is 2.35. The van der Waals surface area contributed by atoms with Crippen molar-refractivity contribution in [2.24, 2.45) is 0 Å². The van der Waals surface area contributed by atoms with Crippen molar-refractivity contribution in [3.8, 4) is 0 Å². The maximum atomic E-state index is 12.2. The molecular formula is C15H22N2OS. The van der Waals surface area contributed by atoms with Gasteiger partial charge in [-0.1, -0.05) is 12.1 Å². The Balaban J connectivity index is 1.85. The Kier molecular flexibility index (Phi) is 5.28. The Morgan fingerprint density at radius 3 is 2.84 bits per heavy atom. The van der Waals surface area contributed by atoms with E-state index in [-0.39, 0.29) is 5.91 Å². The highest BCUT2D eigenvalue weighted by atomic mass is 32.2. The van der Waals surface area contributed by atoms with Crippen molar-refractivity contribution >= 4 is 23.4 Å². The normalized spacial score (nSPS) is 16.3. The highest BCUT2D eigenvalue weighted by Crippen LogP contribution is 2.22. The van der Waals surface area contributed by atoms with E-state index in [4.69, 9.17) is 0 Å². The monoisotopic (exact) mass is 278 g/mol. The SMILES string of the molecule is Cc1cccc(N(C)C(=O)CSC2CCNCC2)c1. The molecule has 0 aliphatic carbocycles. The van der Waals surface area contributed by atoms with Crippen molar-refractivity contribution in [2.45, 2.75) is 25.0 Å². The topological polar surface area (TPSA) is 32.3 Å². The van der Waals surface area contributed by atoms with E-state index in [1.165, 1.54) is 18.4 Å². The molecule has 1 aromatic rings. The lowest BCUT2D eigenvalue weighted by Gasteiger charge is -2.23. The fourth-order valence-corrected chi connectivity index (χ4v) is 3.37. The van der Waals surface area contributed by atoms with Crippen molar-refractivity contribution in [3.63, 3.8) is 0 Å². The van der Waals surface area contributed by atoms with Crippen LogP contribution in [0.2, 0.25) is 0 Å². The van der Waals surface area contributed by atoms with E-state index in [2.05, 4.69) is 5.32 Å². The zero-order chi connectivity index (χ0) is 13.7. The molecule has 4 heteroatoms. The standard InChI is InChI=1S/C15H22N2OS/c1-12-4-3-5-13(10-12)17(2)15(18)11-19-14-6-8-16-9-7-14/h3-5,10,14,16H,6-9,11H2,1-2H3. The molecule has 19 heavy (non-hydrogen) atoms. The molecule has 1 N–H and O–H groups in total. The summed E-state index contributed by atoms with van der Waals surface area (Å²) in [4.78, 5) is 14.0.